The minimum absolute atomic E-state index is 0.300. The van der Waals surface area contributed by atoms with Crippen LogP contribution in [0.1, 0.15) is 20.3 Å². The number of aromatic nitrogens is 1. The molecule has 1 heterocycles. The first-order chi connectivity index (χ1) is 7.84. The molecule has 0 spiro atoms. The van der Waals surface area contributed by atoms with Gasteiger partial charge >= 0.3 is 0 Å². The molecule has 3 nitrogen and oxygen atoms in total. The van der Waals surface area contributed by atoms with E-state index in [9.17, 15) is 17.6 Å². The third-order valence-electron chi connectivity index (χ3n) is 2.55. The number of nitrogens with one attached hydrogen (secondary N) is 1. The molecule has 0 saturated carbocycles. The Kier molecular flexibility index (Phi) is 3.92. The molecular formula is C10H12F4N2O. The van der Waals surface area contributed by atoms with Gasteiger partial charge in [0, 0.05) is 0 Å². The molecular weight excluding hydrogens is 240 g/mol. The molecule has 0 aliphatic heterocycles. The molecule has 0 bridgehead atoms. The minimum atomic E-state index is -1.73. The first-order valence-corrected chi connectivity index (χ1v) is 4.93. The first kappa shape index (κ1) is 13.7. The molecule has 17 heavy (non-hydrogen) atoms. The number of aliphatic hydroxyl groups is 1. The van der Waals surface area contributed by atoms with Crippen molar-refractivity contribution in [2.24, 2.45) is 0 Å². The summed E-state index contributed by atoms with van der Waals surface area (Å²) in [4.78, 5) is 2.43. The van der Waals surface area contributed by atoms with E-state index in [1.165, 1.54) is 6.92 Å². The molecule has 0 aliphatic rings. The molecule has 1 aromatic heterocycles. The lowest BCUT2D eigenvalue weighted by atomic mass is 10.00. The Balaban J connectivity index is 3.22. The van der Waals surface area contributed by atoms with Crippen molar-refractivity contribution in [1.82, 2.24) is 4.98 Å². The Bertz CT molecular complexity index is 395. The van der Waals surface area contributed by atoms with Crippen LogP contribution < -0.4 is 5.32 Å². The third kappa shape index (κ3) is 2.66. The number of aliphatic hydroxyl groups excluding tert-OH is 1. The van der Waals surface area contributed by atoms with Crippen LogP contribution in [0.15, 0.2) is 0 Å². The number of rotatable bonds is 4. The van der Waals surface area contributed by atoms with Gasteiger partial charge in [0.1, 0.15) is 5.69 Å². The smallest absolute Gasteiger partial charge is 0.253 e. The van der Waals surface area contributed by atoms with Crippen molar-refractivity contribution in [2.45, 2.75) is 25.8 Å². The van der Waals surface area contributed by atoms with Gasteiger partial charge in [0.15, 0.2) is 0 Å². The number of pyridine rings is 1. The minimum Gasteiger partial charge on any atom is -0.394 e. The Hall–Kier alpha value is -1.37. The Labute approximate surface area is 95.5 Å². The van der Waals surface area contributed by atoms with Gasteiger partial charge in [-0.25, -0.2) is 0 Å². The van der Waals surface area contributed by atoms with Gasteiger partial charge in [0.2, 0.25) is 11.6 Å². The highest BCUT2D eigenvalue weighted by Gasteiger charge is 2.27. The lowest BCUT2D eigenvalue weighted by molar-refractivity contribution is 0.217. The number of anilines is 1. The topological polar surface area (TPSA) is 45.1 Å². The van der Waals surface area contributed by atoms with E-state index < -0.39 is 41.4 Å². The third-order valence-corrected chi connectivity index (χ3v) is 2.55. The summed E-state index contributed by atoms with van der Waals surface area (Å²) in [5.74, 6) is -6.69. The predicted octanol–water partition coefficient (Wildman–Crippen LogP) is 2.21. The van der Waals surface area contributed by atoms with Gasteiger partial charge in [-0.1, -0.05) is 6.92 Å². The quantitative estimate of drug-likeness (QED) is 0.638. The van der Waals surface area contributed by atoms with Crippen molar-refractivity contribution in [3.8, 4) is 0 Å². The van der Waals surface area contributed by atoms with Crippen molar-refractivity contribution in [3.05, 3.63) is 23.5 Å². The van der Waals surface area contributed by atoms with Gasteiger partial charge in [-0.05, 0) is 13.3 Å². The zero-order chi connectivity index (χ0) is 13.2. The van der Waals surface area contributed by atoms with Gasteiger partial charge < -0.3 is 10.4 Å². The van der Waals surface area contributed by atoms with Crippen molar-refractivity contribution >= 4 is 5.69 Å². The van der Waals surface area contributed by atoms with Crippen LogP contribution in [0.5, 0.6) is 0 Å². The molecule has 2 N–H and O–H groups in total. The molecule has 0 aromatic carbocycles. The van der Waals surface area contributed by atoms with Crippen LogP contribution in [0.2, 0.25) is 0 Å². The average molecular weight is 252 g/mol. The SMILES string of the molecule is CCC(C)(CO)Nc1c(F)c(F)nc(F)c1F. The van der Waals surface area contributed by atoms with Crippen molar-refractivity contribution in [3.63, 3.8) is 0 Å². The van der Waals surface area contributed by atoms with E-state index in [1.54, 1.807) is 6.92 Å². The summed E-state index contributed by atoms with van der Waals surface area (Å²) in [5.41, 5.74) is -2.05. The number of hydrogen-bond donors (Lipinski definition) is 2. The monoisotopic (exact) mass is 252 g/mol. The number of nitrogens with zero attached hydrogens (tertiary/aromatic N) is 1. The maximum Gasteiger partial charge on any atom is 0.253 e. The molecule has 96 valence electrons. The fraction of sp³-hybridized carbons (Fsp3) is 0.500. The maximum atomic E-state index is 13.3. The summed E-state index contributed by atoms with van der Waals surface area (Å²) in [6, 6.07) is 0. The molecule has 1 atom stereocenters. The fourth-order valence-electron chi connectivity index (χ4n) is 1.14. The lowest BCUT2D eigenvalue weighted by Crippen LogP contribution is -2.39. The van der Waals surface area contributed by atoms with E-state index in [2.05, 4.69) is 10.3 Å². The normalized spacial score (nSPS) is 14.5. The summed E-state index contributed by atoms with van der Waals surface area (Å²) >= 11 is 0. The second-order valence-corrected chi connectivity index (χ2v) is 3.89. The molecule has 0 saturated heterocycles. The van der Waals surface area contributed by atoms with E-state index >= 15 is 0 Å². The Morgan fingerprint density at radius 2 is 1.65 bits per heavy atom. The van der Waals surface area contributed by atoms with Crippen LogP contribution in [0.3, 0.4) is 0 Å². The van der Waals surface area contributed by atoms with Gasteiger partial charge in [-0.3, -0.25) is 0 Å². The highest BCUT2D eigenvalue weighted by atomic mass is 19.2. The Morgan fingerprint density at radius 3 is 2.00 bits per heavy atom. The molecule has 7 heteroatoms. The highest BCUT2D eigenvalue weighted by Crippen LogP contribution is 2.26. The van der Waals surface area contributed by atoms with Gasteiger partial charge in [-0.15, -0.1) is 0 Å². The number of halogens is 4. The average Bonchev–Trinajstić information content (AvgIpc) is 2.32. The zero-order valence-electron chi connectivity index (χ0n) is 9.32. The van der Waals surface area contributed by atoms with Crippen LogP contribution >= 0.6 is 0 Å². The molecule has 0 radical (unpaired) electrons. The molecule has 1 aromatic rings. The van der Waals surface area contributed by atoms with Crippen molar-refractivity contribution in [1.29, 1.82) is 0 Å². The van der Waals surface area contributed by atoms with Gasteiger partial charge in [0.05, 0.1) is 12.1 Å². The largest absolute Gasteiger partial charge is 0.394 e. The van der Waals surface area contributed by atoms with Gasteiger partial charge in [-0.2, -0.15) is 22.5 Å². The van der Waals surface area contributed by atoms with E-state index in [4.69, 9.17) is 5.11 Å². The molecule has 1 unspecified atom stereocenters. The summed E-state index contributed by atoms with van der Waals surface area (Å²) in [6.45, 7) is 2.66. The van der Waals surface area contributed by atoms with Crippen molar-refractivity contribution < 1.29 is 22.7 Å². The summed E-state index contributed by atoms with van der Waals surface area (Å²) in [6.07, 6.45) is 0.300. The first-order valence-electron chi connectivity index (χ1n) is 4.93. The molecule has 1 rings (SSSR count). The molecule has 0 aliphatic carbocycles. The fourth-order valence-corrected chi connectivity index (χ4v) is 1.14. The summed E-state index contributed by atoms with van der Waals surface area (Å²) in [7, 11) is 0. The lowest BCUT2D eigenvalue weighted by Gasteiger charge is -2.28. The maximum absolute atomic E-state index is 13.3. The predicted molar refractivity (Wildman–Crippen MR) is 53.5 cm³/mol. The zero-order valence-corrected chi connectivity index (χ0v) is 9.32. The summed E-state index contributed by atoms with van der Waals surface area (Å²) in [5, 5.41) is 11.3. The van der Waals surface area contributed by atoms with E-state index in [-0.39, 0.29) is 0 Å². The second kappa shape index (κ2) is 4.87. The summed E-state index contributed by atoms with van der Waals surface area (Å²) < 4.78 is 52.1. The van der Waals surface area contributed by atoms with Crippen LogP contribution in [0.25, 0.3) is 0 Å². The van der Waals surface area contributed by atoms with E-state index in [1.807, 2.05) is 0 Å². The van der Waals surface area contributed by atoms with Crippen LogP contribution in [0.4, 0.5) is 23.2 Å². The van der Waals surface area contributed by atoms with Crippen molar-refractivity contribution in [2.75, 3.05) is 11.9 Å². The standard InChI is InChI=1S/C10H12F4N2O/c1-3-10(2,4-17)16-7-5(11)8(13)15-9(14)6(7)12/h17H,3-4H2,1-2H3,(H,15,16). The van der Waals surface area contributed by atoms with Crippen LogP contribution in [-0.4, -0.2) is 22.2 Å². The second-order valence-electron chi connectivity index (χ2n) is 3.89. The Morgan fingerprint density at radius 1 is 1.18 bits per heavy atom. The van der Waals surface area contributed by atoms with Crippen LogP contribution in [0, 0.1) is 23.5 Å². The number of hydrogen-bond acceptors (Lipinski definition) is 3. The van der Waals surface area contributed by atoms with E-state index in [0.29, 0.717) is 6.42 Å². The molecule has 0 amide bonds. The molecule has 0 fully saturated rings. The van der Waals surface area contributed by atoms with Crippen LogP contribution in [-0.2, 0) is 0 Å². The van der Waals surface area contributed by atoms with Gasteiger partial charge in [0.25, 0.3) is 11.9 Å². The van der Waals surface area contributed by atoms with E-state index in [0.717, 1.165) is 0 Å². The highest BCUT2D eigenvalue weighted by molar-refractivity contribution is 5.47.